The lowest BCUT2D eigenvalue weighted by molar-refractivity contribution is 0.0696. The zero-order valence-corrected chi connectivity index (χ0v) is 19.7. The molecule has 1 atom stereocenters. The minimum Gasteiger partial charge on any atom is -0.486 e. The predicted octanol–water partition coefficient (Wildman–Crippen LogP) is 5.30. The van der Waals surface area contributed by atoms with Crippen LogP contribution in [0.25, 0.3) is 10.9 Å². The minimum absolute atomic E-state index is 0.194. The fourth-order valence-corrected chi connectivity index (χ4v) is 4.53. The third-order valence-electron chi connectivity index (χ3n) is 6.04. The lowest BCUT2D eigenvalue weighted by Crippen LogP contribution is -2.27. The number of carboxylic acid groups (broad SMARTS) is 1. The molecule has 0 spiro atoms. The lowest BCUT2D eigenvalue weighted by atomic mass is 10.0. The maximum atomic E-state index is 13.5. The molecule has 1 amide bonds. The second kappa shape index (κ2) is 9.35. The summed E-state index contributed by atoms with van der Waals surface area (Å²) in [6, 6.07) is 17.4. The van der Waals surface area contributed by atoms with Crippen LogP contribution in [0.1, 0.15) is 44.8 Å². The second-order valence-electron chi connectivity index (χ2n) is 8.41. The average Bonchev–Trinajstić information content (AvgIpc) is 3.27. The number of hydrogen-bond acceptors (Lipinski definition) is 4. The van der Waals surface area contributed by atoms with Crippen molar-refractivity contribution in [3.63, 3.8) is 0 Å². The van der Waals surface area contributed by atoms with E-state index in [1.165, 1.54) is 12.1 Å². The van der Waals surface area contributed by atoms with Crippen molar-refractivity contribution in [2.45, 2.75) is 19.5 Å². The maximum absolute atomic E-state index is 13.5. The van der Waals surface area contributed by atoms with Crippen molar-refractivity contribution < 1.29 is 24.2 Å². The number of amides is 1. The third-order valence-corrected chi connectivity index (χ3v) is 6.28. The van der Waals surface area contributed by atoms with Gasteiger partial charge < -0.3 is 24.5 Å². The van der Waals surface area contributed by atoms with Gasteiger partial charge in [0, 0.05) is 23.2 Å². The molecule has 1 aromatic heterocycles. The number of nitrogens with zero attached hydrogens (tertiary/aromatic N) is 1. The van der Waals surface area contributed by atoms with Gasteiger partial charge in [-0.05, 0) is 54.4 Å². The summed E-state index contributed by atoms with van der Waals surface area (Å²) in [5.74, 6) is -0.0991. The number of carboxylic acids is 1. The van der Waals surface area contributed by atoms with Crippen molar-refractivity contribution in [2.24, 2.45) is 0 Å². The van der Waals surface area contributed by atoms with Gasteiger partial charge in [-0.15, -0.1) is 0 Å². The molecule has 0 saturated carbocycles. The van der Waals surface area contributed by atoms with Gasteiger partial charge in [0.15, 0.2) is 11.5 Å². The first-order chi connectivity index (χ1) is 16.9. The Morgan fingerprint density at radius 3 is 2.60 bits per heavy atom. The van der Waals surface area contributed by atoms with Gasteiger partial charge >= 0.3 is 5.97 Å². The van der Waals surface area contributed by atoms with Crippen LogP contribution >= 0.6 is 11.6 Å². The zero-order chi connectivity index (χ0) is 24.5. The van der Waals surface area contributed by atoms with E-state index in [0.717, 1.165) is 22.0 Å². The summed E-state index contributed by atoms with van der Waals surface area (Å²) in [5, 5.41) is 13.6. The Labute approximate surface area is 206 Å². The highest BCUT2D eigenvalue weighted by molar-refractivity contribution is 6.30. The Balaban J connectivity index is 1.51. The highest BCUT2D eigenvalue weighted by Gasteiger charge is 2.25. The standard InChI is InChI=1S/C27H23ClN2O5/c1-16(18-5-7-19(8-6-18)27(32)33)29-26(31)22-14-23-25(35-12-11-34-23)21-9-10-30(24(21)22)15-17-3-2-4-20(28)13-17/h2-10,13-14,16H,11-12,15H2,1H3,(H,29,31)(H,32,33)/t16-/m0/s1. The minimum atomic E-state index is -0.993. The summed E-state index contributed by atoms with van der Waals surface area (Å²) in [7, 11) is 0. The first-order valence-corrected chi connectivity index (χ1v) is 11.6. The summed E-state index contributed by atoms with van der Waals surface area (Å²) in [6.45, 7) is 3.23. The van der Waals surface area contributed by atoms with Crippen molar-refractivity contribution >= 4 is 34.4 Å². The van der Waals surface area contributed by atoms with Crippen LogP contribution in [-0.4, -0.2) is 34.8 Å². The number of carbonyl (C=O) groups is 2. The molecular weight excluding hydrogens is 468 g/mol. The molecule has 7 nitrogen and oxygen atoms in total. The van der Waals surface area contributed by atoms with Crippen LogP contribution < -0.4 is 14.8 Å². The van der Waals surface area contributed by atoms with E-state index in [0.29, 0.717) is 41.8 Å². The average molecular weight is 491 g/mol. The van der Waals surface area contributed by atoms with E-state index in [4.69, 9.17) is 26.2 Å². The third kappa shape index (κ3) is 4.55. The summed E-state index contributed by atoms with van der Waals surface area (Å²) >= 11 is 6.18. The normalized spacial score (nSPS) is 13.4. The van der Waals surface area contributed by atoms with Crippen LogP contribution in [0.15, 0.2) is 66.9 Å². The van der Waals surface area contributed by atoms with Gasteiger partial charge in [0.25, 0.3) is 5.91 Å². The molecule has 0 radical (unpaired) electrons. The zero-order valence-electron chi connectivity index (χ0n) is 19.0. The van der Waals surface area contributed by atoms with Crippen LogP contribution in [0.3, 0.4) is 0 Å². The first-order valence-electron chi connectivity index (χ1n) is 11.2. The Bertz CT molecular complexity index is 1430. The van der Waals surface area contributed by atoms with Gasteiger partial charge in [-0.1, -0.05) is 35.9 Å². The molecule has 3 aromatic carbocycles. The number of fused-ring (bicyclic) bond motifs is 3. The summed E-state index contributed by atoms with van der Waals surface area (Å²) < 4.78 is 13.7. The molecule has 178 valence electrons. The fraction of sp³-hybridized carbons (Fsp3) is 0.185. The number of aromatic carboxylic acids is 1. The number of carbonyl (C=O) groups excluding carboxylic acids is 1. The molecule has 35 heavy (non-hydrogen) atoms. The van der Waals surface area contributed by atoms with E-state index in [2.05, 4.69) is 5.32 Å². The Hall–Kier alpha value is -3.97. The van der Waals surface area contributed by atoms with Gasteiger partial charge in [-0.3, -0.25) is 4.79 Å². The molecule has 1 aliphatic rings. The van der Waals surface area contributed by atoms with Crippen molar-refractivity contribution in [1.29, 1.82) is 0 Å². The van der Waals surface area contributed by atoms with Gasteiger partial charge in [0.2, 0.25) is 0 Å². The van der Waals surface area contributed by atoms with Crippen molar-refractivity contribution in [2.75, 3.05) is 13.2 Å². The van der Waals surface area contributed by atoms with E-state index in [-0.39, 0.29) is 17.5 Å². The van der Waals surface area contributed by atoms with Crippen LogP contribution in [0.5, 0.6) is 11.5 Å². The van der Waals surface area contributed by atoms with E-state index in [1.54, 1.807) is 18.2 Å². The van der Waals surface area contributed by atoms with Gasteiger partial charge in [0.05, 0.1) is 22.7 Å². The molecular formula is C27H23ClN2O5. The first kappa shape index (κ1) is 22.8. The van der Waals surface area contributed by atoms with E-state index in [9.17, 15) is 9.59 Å². The predicted molar refractivity (Wildman–Crippen MR) is 133 cm³/mol. The number of halogens is 1. The SMILES string of the molecule is C[C@H](NC(=O)c1cc2c(c3ccn(Cc4cccc(Cl)c4)c13)OCCO2)c1ccc(C(=O)O)cc1. The number of ether oxygens (including phenoxy) is 2. The lowest BCUT2D eigenvalue weighted by Gasteiger charge is -2.22. The van der Waals surface area contributed by atoms with E-state index < -0.39 is 5.97 Å². The Morgan fingerprint density at radius 1 is 1.09 bits per heavy atom. The van der Waals surface area contributed by atoms with Crippen molar-refractivity contribution in [3.8, 4) is 11.5 Å². The molecule has 0 aliphatic carbocycles. The summed E-state index contributed by atoms with van der Waals surface area (Å²) in [5.41, 5.74) is 3.19. The topological polar surface area (TPSA) is 89.8 Å². The number of hydrogen-bond donors (Lipinski definition) is 2. The van der Waals surface area contributed by atoms with Crippen LogP contribution in [0, 0.1) is 0 Å². The molecule has 5 rings (SSSR count). The van der Waals surface area contributed by atoms with Gasteiger partial charge in [-0.2, -0.15) is 0 Å². The van der Waals surface area contributed by atoms with Crippen molar-refractivity contribution in [3.05, 3.63) is 94.1 Å². The fourth-order valence-electron chi connectivity index (χ4n) is 4.31. The summed E-state index contributed by atoms with van der Waals surface area (Å²) in [6.07, 6.45) is 1.93. The highest BCUT2D eigenvalue weighted by Crippen LogP contribution is 2.41. The molecule has 8 heteroatoms. The van der Waals surface area contributed by atoms with Crippen LogP contribution in [0.4, 0.5) is 0 Å². The van der Waals surface area contributed by atoms with Crippen LogP contribution in [0.2, 0.25) is 5.02 Å². The Morgan fingerprint density at radius 2 is 1.86 bits per heavy atom. The van der Waals surface area contributed by atoms with Crippen molar-refractivity contribution in [1.82, 2.24) is 9.88 Å². The molecule has 1 aliphatic heterocycles. The molecule has 0 saturated heterocycles. The molecule has 2 heterocycles. The number of aromatic nitrogens is 1. The molecule has 0 fully saturated rings. The molecule has 2 N–H and O–H groups in total. The Kier molecular flexibility index (Phi) is 6.09. The molecule has 0 bridgehead atoms. The van der Waals surface area contributed by atoms with Gasteiger partial charge in [0.1, 0.15) is 13.2 Å². The summed E-state index contributed by atoms with van der Waals surface area (Å²) in [4.78, 5) is 24.7. The quantitative estimate of drug-likeness (QED) is 0.382. The number of benzene rings is 3. The number of nitrogens with one attached hydrogen (secondary N) is 1. The second-order valence-corrected chi connectivity index (χ2v) is 8.84. The van der Waals surface area contributed by atoms with Crippen LogP contribution in [-0.2, 0) is 6.54 Å². The van der Waals surface area contributed by atoms with E-state index >= 15 is 0 Å². The monoisotopic (exact) mass is 490 g/mol. The largest absolute Gasteiger partial charge is 0.486 e. The van der Waals surface area contributed by atoms with Gasteiger partial charge in [-0.25, -0.2) is 4.79 Å². The highest BCUT2D eigenvalue weighted by atomic mass is 35.5. The maximum Gasteiger partial charge on any atom is 0.335 e. The molecule has 4 aromatic rings. The van der Waals surface area contributed by atoms with E-state index in [1.807, 2.05) is 48.0 Å². The molecule has 0 unspecified atom stereocenters. The number of rotatable bonds is 6. The smallest absolute Gasteiger partial charge is 0.335 e.